The molecule has 0 aromatic rings. The van der Waals surface area contributed by atoms with Crippen LogP contribution in [0.2, 0.25) is 0 Å². The van der Waals surface area contributed by atoms with Crippen LogP contribution >= 0.6 is 0 Å². The van der Waals surface area contributed by atoms with Crippen molar-refractivity contribution >= 4 is 25.7 Å². The second-order valence-corrected chi connectivity index (χ2v) is 9.25. The number of sulfone groups is 1. The van der Waals surface area contributed by atoms with Gasteiger partial charge in [0.15, 0.2) is 0 Å². The first kappa shape index (κ1) is 17.2. The van der Waals surface area contributed by atoms with Crippen LogP contribution in [0.1, 0.15) is 26.2 Å². The highest BCUT2D eigenvalue weighted by Crippen LogP contribution is 2.22. The molecule has 1 saturated heterocycles. The number of sulfonamides is 1. The molecule has 0 aromatic heterocycles. The van der Waals surface area contributed by atoms with E-state index in [2.05, 4.69) is 5.16 Å². The molecule has 1 heterocycles. The van der Waals surface area contributed by atoms with E-state index in [1.807, 2.05) is 0 Å². The predicted octanol–water partition coefficient (Wildman–Crippen LogP) is -0.648. The minimum absolute atomic E-state index is 0.0372. The first-order valence-corrected chi connectivity index (χ1v) is 9.71. The monoisotopic (exact) mass is 327 g/mol. The smallest absolute Gasteiger partial charge is 0.217 e. The standard InChI is InChI=1S/C10H21N3O5S2/c1-2-13(6-3-10(11)12-14)20(17,18)9-4-7-19(15,16)8-5-9/h9,14H,2-8H2,1H3,(H2,11,12). The van der Waals surface area contributed by atoms with Crippen LogP contribution in [-0.2, 0) is 19.9 Å². The van der Waals surface area contributed by atoms with Crippen molar-refractivity contribution in [2.24, 2.45) is 10.9 Å². The number of hydrogen-bond acceptors (Lipinski definition) is 6. The van der Waals surface area contributed by atoms with Gasteiger partial charge in [-0.25, -0.2) is 21.1 Å². The van der Waals surface area contributed by atoms with Crippen molar-refractivity contribution in [2.45, 2.75) is 31.4 Å². The summed E-state index contributed by atoms with van der Waals surface area (Å²) in [6.07, 6.45) is 0.393. The van der Waals surface area contributed by atoms with Crippen LogP contribution in [0.3, 0.4) is 0 Å². The van der Waals surface area contributed by atoms with Gasteiger partial charge in [-0.2, -0.15) is 0 Å². The maximum atomic E-state index is 12.4. The van der Waals surface area contributed by atoms with Gasteiger partial charge in [0.1, 0.15) is 15.7 Å². The summed E-state index contributed by atoms with van der Waals surface area (Å²) in [5.74, 6) is -0.214. The second-order valence-electron chi connectivity index (χ2n) is 4.73. The number of amidine groups is 1. The lowest BCUT2D eigenvalue weighted by atomic mass is 10.2. The summed E-state index contributed by atoms with van der Waals surface area (Å²) in [6, 6.07) is 0. The first-order chi connectivity index (χ1) is 9.23. The topological polar surface area (TPSA) is 130 Å². The summed E-state index contributed by atoms with van der Waals surface area (Å²) in [4.78, 5) is 0. The third-order valence-electron chi connectivity index (χ3n) is 3.38. The summed E-state index contributed by atoms with van der Waals surface area (Å²) in [6.45, 7) is 2.09. The van der Waals surface area contributed by atoms with E-state index < -0.39 is 25.1 Å². The third-order valence-corrected chi connectivity index (χ3v) is 7.57. The molecule has 0 bridgehead atoms. The number of nitrogens with two attached hydrogens (primary N) is 1. The Kier molecular flexibility index (Phi) is 5.78. The minimum atomic E-state index is -3.55. The molecule has 0 spiro atoms. The average molecular weight is 327 g/mol. The molecule has 1 aliphatic heterocycles. The zero-order valence-corrected chi connectivity index (χ0v) is 13.0. The van der Waals surface area contributed by atoms with Gasteiger partial charge in [-0.1, -0.05) is 12.1 Å². The SMILES string of the molecule is CCN(CCC(N)=NO)S(=O)(=O)C1CCS(=O)(=O)CC1. The highest BCUT2D eigenvalue weighted by Gasteiger charge is 2.35. The van der Waals surface area contributed by atoms with Gasteiger partial charge in [0.05, 0.1) is 16.8 Å². The minimum Gasteiger partial charge on any atom is -0.409 e. The van der Waals surface area contributed by atoms with Crippen LogP contribution in [0.5, 0.6) is 0 Å². The van der Waals surface area contributed by atoms with Crippen molar-refractivity contribution in [3.05, 3.63) is 0 Å². The zero-order chi connectivity index (χ0) is 15.4. The van der Waals surface area contributed by atoms with Gasteiger partial charge in [0, 0.05) is 19.5 Å². The van der Waals surface area contributed by atoms with Crippen LogP contribution in [0.4, 0.5) is 0 Å². The zero-order valence-electron chi connectivity index (χ0n) is 11.4. The molecule has 8 nitrogen and oxygen atoms in total. The van der Waals surface area contributed by atoms with Crippen LogP contribution in [0.25, 0.3) is 0 Å². The largest absolute Gasteiger partial charge is 0.409 e. The molecule has 118 valence electrons. The molecule has 10 heteroatoms. The maximum Gasteiger partial charge on any atom is 0.217 e. The molecular formula is C10H21N3O5S2. The highest BCUT2D eigenvalue weighted by atomic mass is 32.2. The Labute approximate surface area is 119 Å². The lowest BCUT2D eigenvalue weighted by Crippen LogP contribution is -2.43. The highest BCUT2D eigenvalue weighted by molar-refractivity contribution is 7.92. The van der Waals surface area contributed by atoms with Crippen molar-refractivity contribution in [1.82, 2.24) is 4.31 Å². The fraction of sp³-hybridized carbons (Fsp3) is 0.900. The quantitative estimate of drug-likeness (QED) is 0.288. The number of hydrogen-bond donors (Lipinski definition) is 2. The number of oxime groups is 1. The van der Waals surface area contributed by atoms with Crippen LogP contribution < -0.4 is 5.73 Å². The van der Waals surface area contributed by atoms with E-state index in [9.17, 15) is 16.8 Å². The van der Waals surface area contributed by atoms with E-state index in [-0.39, 0.29) is 49.7 Å². The van der Waals surface area contributed by atoms with Crippen LogP contribution in [0, 0.1) is 0 Å². The Balaban J connectivity index is 2.75. The number of rotatable bonds is 6. The van der Waals surface area contributed by atoms with Crippen molar-refractivity contribution in [1.29, 1.82) is 0 Å². The molecule has 20 heavy (non-hydrogen) atoms. The van der Waals surface area contributed by atoms with E-state index in [1.54, 1.807) is 6.92 Å². The molecule has 0 aliphatic carbocycles. The fourth-order valence-electron chi connectivity index (χ4n) is 2.13. The first-order valence-electron chi connectivity index (χ1n) is 6.38. The Hall–Kier alpha value is -0.870. The molecule has 0 atom stereocenters. The van der Waals surface area contributed by atoms with Gasteiger partial charge >= 0.3 is 0 Å². The Morgan fingerprint density at radius 2 is 1.95 bits per heavy atom. The molecule has 1 rings (SSSR count). The van der Waals surface area contributed by atoms with Gasteiger partial charge in [0.25, 0.3) is 0 Å². The maximum absolute atomic E-state index is 12.4. The number of nitrogens with zero attached hydrogens (tertiary/aromatic N) is 2. The van der Waals surface area contributed by atoms with Gasteiger partial charge in [0.2, 0.25) is 10.0 Å². The Morgan fingerprint density at radius 3 is 2.40 bits per heavy atom. The van der Waals surface area contributed by atoms with Crippen LogP contribution in [0.15, 0.2) is 5.16 Å². The summed E-state index contributed by atoms with van der Waals surface area (Å²) >= 11 is 0. The van der Waals surface area contributed by atoms with E-state index >= 15 is 0 Å². The van der Waals surface area contributed by atoms with Gasteiger partial charge in [-0.05, 0) is 12.8 Å². The van der Waals surface area contributed by atoms with Crippen molar-refractivity contribution < 1.29 is 22.0 Å². The molecule has 3 N–H and O–H groups in total. The van der Waals surface area contributed by atoms with E-state index in [0.29, 0.717) is 0 Å². The molecule has 0 radical (unpaired) electrons. The molecular weight excluding hydrogens is 306 g/mol. The lowest BCUT2D eigenvalue weighted by molar-refractivity contribution is 0.315. The average Bonchev–Trinajstić information content (AvgIpc) is 2.38. The third kappa shape index (κ3) is 4.32. The molecule has 0 amide bonds. The Bertz CT molecular complexity index is 541. The normalized spacial score (nSPS) is 21.2. The van der Waals surface area contributed by atoms with Crippen LogP contribution in [-0.4, -0.2) is 62.0 Å². The summed E-state index contributed by atoms with van der Waals surface area (Å²) in [5, 5.41) is 10.6. The van der Waals surface area contributed by atoms with Gasteiger partial charge < -0.3 is 10.9 Å². The second kappa shape index (κ2) is 6.72. The molecule has 1 aliphatic rings. The molecule has 0 aromatic carbocycles. The van der Waals surface area contributed by atoms with Gasteiger partial charge in [-0.3, -0.25) is 0 Å². The van der Waals surface area contributed by atoms with E-state index in [1.165, 1.54) is 4.31 Å². The molecule has 1 fully saturated rings. The van der Waals surface area contributed by atoms with E-state index in [4.69, 9.17) is 10.9 Å². The molecule has 0 saturated carbocycles. The van der Waals surface area contributed by atoms with Crippen molar-refractivity contribution in [3.8, 4) is 0 Å². The molecule has 0 unspecified atom stereocenters. The Morgan fingerprint density at radius 1 is 1.40 bits per heavy atom. The van der Waals surface area contributed by atoms with Gasteiger partial charge in [-0.15, -0.1) is 0 Å². The summed E-state index contributed by atoms with van der Waals surface area (Å²) in [5.41, 5.74) is 5.33. The van der Waals surface area contributed by atoms with Crippen molar-refractivity contribution in [2.75, 3.05) is 24.6 Å². The summed E-state index contributed by atoms with van der Waals surface area (Å²) in [7, 11) is -6.64. The van der Waals surface area contributed by atoms with E-state index in [0.717, 1.165) is 0 Å². The predicted molar refractivity (Wildman–Crippen MR) is 75.9 cm³/mol. The summed E-state index contributed by atoms with van der Waals surface area (Å²) < 4.78 is 48.8. The lowest BCUT2D eigenvalue weighted by Gasteiger charge is -2.28. The van der Waals surface area contributed by atoms with Crippen molar-refractivity contribution in [3.63, 3.8) is 0 Å². The fourth-order valence-corrected chi connectivity index (χ4v) is 5.88.